The Labute approximate surface area is 139 Å². The molecule has 0 unspecified atom stereocenters. The molecule has 1 fully saturated rings. The maximum atomic E-state index is 11.4. The molecule has 3 N–H and O–H groups in total. The molecule has 0 radical (unpaired) electrons. The van der Waals surface area contributed by atoms with Gasteiger partial charge in [0.15, 0.2) is 0 Å². The van der Waals surface area contributed by atoms with Gasteiger partial charge in [-0.3, -0.25) is 9.36 Å². The number of rotatable bonds is 4. The third-order valence-electron chi connectivity index (χ3n) is 4.78. The first kappa shape index (κ1) is 17.1. The number of anilines is 1. The van der Waals surface area contributed by atoms with Crippen LogP contribution in [-0.4, -0.2) is 44.0 Å². The summed E-state index contributed by atoms with van der Waals surface area (Å²) in [5.41, 5.74) is 0.243. The van der Waals surface area contributed by atoms with Crippen molar-refractivity contribution in [1.82, 2.24) is 15.0 Å². The molecule has 0 aliphatic carbocycles. The predicted molar refractivity (Wildman–Crippen MR) is 91.2 cm³/mol. The Morgan fingerprint density at radius 2 is 2.00 bits per heavy atom. The van der Waals surface area contributed by atoms with Gasteiger partial charge < -0.3 is 19.7 Å². The van der Waals surface area contributed by atoms with Gasteiger partial charge in [0.25, 0.3) is 0 Å². The van der Waals surface area contributed by atoms with Crippen LogP contribution in [0.2, 0.25) is 0 Å². The van der Waals surface area contributed by atoms with E-state index in [0.717, 1.165) is 37.1 Å². The topological polar surface area (TPSA) is 119 Å². The summed E-state index contributed by atoms with van der Waals surface area (Å²) in [6.45, 7) is 3.58. The summed E-state index contributed by atoms with van der Waals surface area (Å²) in [6.07, 6.45) is 3.56. The lowest BCUT2D eigenvalue weighted by molar-refractivity contribution is 0.233. The molecule has 2 aromatic heterocycles. The van der Waals surface area contributed by atoms with Crippen molar-refractivity contribution in [1.29, 1.82) is 0 Å². The van der Waals surface area contributed by atoms with Crippen molar-refractivity contribution in [2.45, 2.75) is 26.2 Å². The number of fused-ring (bicyclic) bond motifs is 1. The van der Waals surface area contributed by atoms with Crippen LogP contribution in [0, 0.1) is 5.41 Å². The van der Waals surface area contributed by atoms with Gasteiger partial charge >= 0.3 is 7.60 Å². The summed E-state index contributed by atoms with van der Waals surface area (Å²) in [5, 5.41) is 0.802. The number of aromatic amines is 1. The Kier molecular flexibility index (Phi) is 4.46. The van der Waals surface area contributed by atoms with Gasteiger partial charge in [-0.2, -0.15) is 0 Å². The number of hydrogen-bond acceptors (Lipinski definition) is 5. The maximum Gasteiger partial charge on any atom is 0.325 e. The molecular weight excluding hydrogens is 331 g/mol. The second-order valence-electron chi connectivity index (χ2n) is 6.72. The first-order chi connectivity index (χ1) is 11.3. The van der Waals surface area contributed by atoms with Crippen LogP contribution in [0.25, 0.3) is 11.0 Å². The van der Waals surface area contributed by atoms with Crippen molar-refractivity contribution >= 4 is 24.4 Å². The second kappa shape index (κ2) is 6.27. The minimum Gasteiger partial charge on any atom is -0.356 e. The van der Waals surface area contributed by atoms with E-state index < -0.39 is 7.60 Å². The fraction of sp³-hybridized carbons (Fsp3) is 0.533. The second-order valence-corrected chi connectivity index (χ2v) is 8.49. The Balaban J connectivity index is 1.75. The molecule has 3 rings (SSSR count). The number of H-pyrrole nitrogens is 1. The quantitative estimate of drug-likeness (QED) is 0.713. The van der Waals surface area contributed by atoms with Crippen LogP contribution < -0.4 is 10.5 Å². The predicted octanol–water partition coefficient (Wildman–Crippen LogP) is 1.49. The Bertz CT molecular complexity index is 839. The molecule has 24 heavy (non-hydrogen) atoms. The number of nitrogens with one attached hydrogen (secondary N) is 1. The molecule has 1 aliphatic heterocycles. The molecule has 130 valence electrons. The molecule has 1 aliphatic rings. The molecule has 2 aromatic rings. The normalized spacial score (nSPS) is 18.0. The minimum atomic E-state index is -3.95. The zero-order valence-electron chi connectivity index (χ0n) is 13.5. The smallest absolute Gasteiger partial charge is 0.325 e. The summed E-state index contributed by atoms with van der Waals surface area (Å²) in [7, 11) is -3.95. The van der Waals surface area contributed by atoms with Gasteiger partial charge in [0, 0.05) is 19.2 Å². The van der Waals surface area contributed by atoms with E-state index in [0.29, 0.717) is 12.1 Å². The number of piperidine rings is 1. The third-order valence-corrected chi connectivity index (χ3v) is 5.59. The molecule has 0 saturated carbocycles. The van der Waals surface area contributed by atoms with Gasteiger partial charge in [-0.15, -0.1) is 0 Å². The molecule has 8 nitrogen and oxygen atoms in total. The summed E-state index contributed by atoms with van der Waals surface area (Å²) < 4.78 is 11.1. The van der Waals surface area contributed by atoms with Crippen LogP contribution in [0.1, 0.15) is 26.2 Å². The van der Waals surface area contributed by atoms with E-state index in [1.165, 1.54) is 12.4 Å². The highest BCUT2D eigenvalue weighted by Gasteiger charge is 2.32. The lowest BCUT2D eigenvalue weighted by Gasteiger charge is -2.40. The molecule has 0 aromatic carbocycles. The summed E-state index contributed by atoms with van der Waals surface area (Å²) in [6, 6.07) is 3.19. The van der Waals surface area contributed by atoms with Crippen molar-refractivity contribution in [3.8, 4) is 0 Å². The lowest BCUT2D eigenvalue weighted by Crippen LogP contribution is -2.39. The van der Waals surface area contributed by atoms with E-state index in [2.05, 4.69) is 26.8 Å². The summed E-state index contributed by atoms with van der Waals surface area (Å²) >= 11 is 0. The maximum absolute atomic E-state index is 11.4. The molecule has 9 heteroatoms. The monoisotopic (exact) mass is 352 g/mol. The Morgan fingerprint density at radius 1 is 1.29 bits per heavy atom. The van der Waals surface area contributed by atoms with Gasteiger partial charge in [-0.1, -0.05) is 6.92 Å². The molecular formula is C15H21N4O4P. The van der Waals surface area contributed by atoms with Crippen LogP contribution in [0.4, 0.5) is 5.82 Å². The zero-order valence-corrected chi connectivity index (χ0v) is 14.4. The van der Waals surface area contributed by atoms with Gasteiger partial charge in [0.2, 0.25) is 5.56 Å². The summed E-state index contributed by atoms with van der Waals surface area (Å²) in [4.78, 5) is 42.9. The van der Waals surface area contributed by atoms with Crippen LogP contribution in [0.3, 0.4) is 0 Å². The van der Waals surface area contributed by atoms with E-state index in [1.807, 2.05) is 0 Å². The minimum absolute atomic E-state index is 0.0683. The van der Waals surface area contributed by atoms with Crippen molar-refractivity contribution in [3.05, 3.63) is 28.8 Å². The fourth-order valence-electron chi connectivity index (χ4n) is 3.13. The largest absolute Gasteiger partial charge is 0.356 e. The molecule has 0 spiro atoms. The third kappa shape index (κ3) is 3.83. The first-order valence-corrected chi connectivity index (χ1v) is 9.69. The van der Waals surface area contributed by atoms with Crippen molar-refractivity contribution in [2.75, 3.05) is 24.2 Å². The van der Waals surface area contributed by atoms with Crippen molar-refractivity contribution in [2.24, 2.45) is 5.41 Å². The van der Waals surface area contributed by atoms with Crippen LogP contribution >= 0.6 is 7.60 Å². The SMILES string of the molecule is CC1(CCP(=O)(O)O)CCN(c2ncnc3[nH]c(=O)ccc23)CC1. The molecule has 0 bridgehead atoms. The van der Waals surface area contributed by atoms with Crippen molar-refractivity contribution in [3.63, 3.8) is 0 Å². The highest BCUT2D eigenvalue weighted by atomic mass is 31.2. The fourth-order valence-corrected chi connectivity index (χ4v) is 3.96. The average molecular weight is 352 g/mol. The summed E-state index contributed by atoms with van der Waals surface area (Å²) in [5.74, 6) is 0.785. The van der Waals surface area contributed by atoms with Gasteiger partial charge in [-0.25, -0.2) is 9.97 Å². The number of pyridine rings is 1. The average Bonchev–Trinajstić information content (AvgIpc) is 2.53. The Morgan fingerprint density at radius 3 is 2.67 bits per heavy atom. The van der Waals surface area contributed by atoms with E-state index in [-0.39, 0.29) is 17.1 Å². The zero-order chi connectivity index (χ0) is 17.4. The van der Waals surface area contributed by atoms with Gasteiger partial charge in [0.1, 0.15) is 17.8 Å². The van der Waals surface area contributed by atoms with Gasteiger partial charge in [0.05, 0.1) is 11.5 Å². The lowest BCUT2D eigenvalue weighted by atomic mass is 9.78. The standard InChI is InChI=1S/C15H21N4O4P/c1-15(6-9-24(21,22)23)4-7-19(8-5-15)14-11-2-3-12(20)18-13(11)16-10-17-14/h2-3,10H,4-9H2,1H3,(H2,21,22,23)(H,16,17,18,20). The molecule has 0 atom stereocenters. The number of aromatic nitrogens is 3. The van der Waals surface area contributed by atoms with E-state index in [9.17, 15) is 9.36 Å². The van der Waals surface area contributed by atoms with Gasteiger partial charge in [-0.05, 0) is 30.7 Å². The molecule has 0 amide bonds. The number of nitrogens with zero attached hydrogens (tertiary/aromatic N) is 3. The van der Waals surface area contributed by atoms with Crippen LogP contribution in [-0.2, 0) is 4.57 Å². The van der Waals surface area contributed by atoms with Crippen LogP contribution in [0.15, 0.2) is 23.3 Å². The Hall–Kier alpha value is -1.76. The van der Waals surface area contributed by atoms with E-state index in [4.69, 9.17) is 9.79 Å². The van der Waals surface area contributed by atoms with E-state index >= 15 is 0 Å². The molecule has 1 saturated heterocycles. The molecule has 3 heterocycles. The highest BCUT2D eigenvalue weighted by molar-refractivity contribution is 7.51. The number of hydrogen-bond donors (Lipinski definition) is 3. The highest BCUT2D eigenvalue weighted by Crippen LogP contribution is 2.43. The van der Waals surface area contributed by atoms with E-state index in [1.54, 1.807) is 6.07 Å². The van der Waals surface area contributed by atoms with Crippen LogP contribution in [0.5, 0.6) is 0 Å². The first-order valence-electron chi connectivity index (χ1n) is 7.89. The van der Waals surface area contributed by atoms with Crippen molar-refractivity contribution < 1.29 is 14.4 Å².